The molecule has 37 heavy (non-hydrogen) atoms. The zero-order valence-electron chi connectivity index (χ0n) is 20.1. The van der Waals surface area contributed by atoms with Gasteiger partial charge < -0.3 is 14.8 Å². The van der Waals surface area contributed by atoms with Crippen LogP contribution >= 0.6 is 11.6 Å². The summed E-state index contributed by atoms with van der Waals surface area (Å²) in [6.07, 6.45) is -4.76. The summed E-state index contributed by atoms with van der Waals surface area (Å²) >= 11 is 5.97. The maximum atomic E-state index is 13.4. The number of alkyl halides is 3. The van der Waals surface area contributed by atoms with Gasteiger partial charge in [0.1, 0.15) is 0 Å². The topological polar surface area (TPSA) is 63.7 Å². The first-order valence-electron chi connectivity index (χ1n) is 11.8. The van der Waals surface area contributed by atoms with E-state index in [1.165, 1.54) is 6.07 Å². The van der Waals surface area contributed by atoms with Crippen molar-refractivity contribution in [3.8, 4) is 0 Å². The van der Waals surface area contributed by atoms with E-state index in [-0.39, 0.29) is 18.2 Å². The van der Waals surface area contributed by atoms with E-state index in [0.717, 1.165) is 12.1 Å². The molecule has 0 N–H and O–H groups in total. The number of anilines is 1. The van der Waals surface area contributed by atoms with Crippen LogP contribution in [-0.4, -0.2) is 42.8 Å². The van der Waals surface area contributed by atoms with Gasteiger partial charge in [-0.2, -0.15) is 13.2 Å². The fourth-order valence-electron chi connectivity index (χ4n) is 4.80. The second-order valence-electron chi connectivity index (χ2n) is 9.01. The van der Waals surface area contributed by atoms with Crippen LogP contribution in [0.4, 0.5) is 18.9 Å². The van der Waals surface area contributed by atoms with Gasteiger partial charge in [0, 0.05) is 66.4 Å². The van der Waals surface area contributed by atoms with Crippen LogP contribution < -0.4 is 10.0 Å². The minimum atomic E-state index is -4.41. The van der Waals surface area contributed by atoms with Crippen LogP contribution in [0.1, 0.15) is 45.6 Å². The molecule has 5 nitrogen and oxygen atoms in total. The van der Waals surface area contributed by atoms with Gasteiger partial charge in [-0.05, 0) is 60.5 Å². The lowest BCUT2D eigenvalue weighted by Crippen LogP contribution is -2.47. The van der Waals surface area contributed by atoms with E-state index in [2.05, 4.69) is 4.90 Å². The van der Waals surface area contributed by atoms with Gasteiger partial charge in [0.25, 0.3) is 0 Å². The second-order valence-corrected chi connectivity index (χ2v) is 9.45. The number of ketones is 1. The molecule has 0 saturated carbocycles. The zero-order valence-corrected chi connectivity index (χ0v) is 20.9. The first kappa shape index (κ1) is 26.7. The monoisotopic (exact) mass is 529 g/mol. The third kappa shape index (κ3) is 6.14. The Labute approximate surface area is 218 Å². The Morgan fingerprint density at radius 2 is 1.62 bits per heavy atom. The summed E-state index contributed by atoms with van der Waals surface area (Å²) in [6, 6.07) is 16.5. The van der Waals surface area contributed by atoms with Crippen LogP contribution in [0.3, 0.4) is 0 Å². The summed E-state index contributed by atoms with van der Waals surface area (Å²) in [5.74, 6) is -1.50. The summed E-state index contributed by atoms with van der Waals surface area (Å²) in [7, 11) is 0. The van der Waals surface area contributed by atoms with Gasteiger partial charge in [0.05, 0.1) is 5.56 Å². The quantitative estimate of drug-likeness (QED) is 0.413. The number of carboxylic acids is 1. The number of benzene rings is 3. The molecule has 0 spiro atoms. The molecule has 1 unspecified atom stereocenters. The highest BCUT2D eigenvalue weighted by molar-refractivity contribution is 6.30. The van der Waals surface area contributed by atoms with Gasteiger partial charge in [-0.15, -0.1) is 0 Å². The highest BCUT2D eigenvalue weighted by atomic mass is 35.5. The van der Waals surface area contributed by atoms with E-state index in [0.29, 0.717) is 59.1 Å². The molecule has 3 aromatic carbocycles. The Hall–Kier alpha value is -3.36. The molecule has 1 atom stereocenters. The van der Waals surface area contributed by atoms with Crippen molar-refractivity contribution in [3.63, 3.8) is 0 Å². The molecule has 194 valence electrons. The normalized spacial score (nSPS) is 15.4. The number of carboxylic acid groups (broad SMARTS) is 1. The largest absolute Gasteiger partial charge is 0.550 e. The van der Waals surface area contributed by atoms with Crippen LogP contribution in [0.15, 0.2) is 66.7 Å². The highest BCUT2D eigenvalue weighted by Gasteiger charge is 2.32. The van der Waals surface area contributed by atoms with Gasteiger partial charge in [-0.25, -0.2) is 0 Å². The molecule has 1 aliphatic heterocycles. The lowest BCUT2D eigenvalue weighted by Gasteiger charge is -2.40. The molecular formula is C28H25ClF3N2O3-. The fraction of sp³-hybridized carbons (Fsp3) is 0.286. The fourth-order valence-corrected chi connectivity index (χ4v) is 4.93. The number of rotatable bonds is 7. The lowest BCUT2D eigenvalue weighted by molar-refractivity contribution is -0.304. The first-order chi connectivity index (χ1) is 17.5. The number of hydrogen-bond donors (Lipinski definition) is 0. The van der Waals surface area contributed by atoms with Crippen LogP contribution in [0.5, 0.6) is 0 Å². The summed E-state index contributed by atoms with van der Waals surface area (Å²) in [6.45, 7) is 3.91. The molecule has 0 aromatic heterocycles. The van der Waals surface area contributed by atoms with E-state index in [4.69, 9.17) is 11.6 Å². The Kier molecular flexibility index (Phi) is 7.90. The molecule has 1 heterocycles. The van der Waals surface area contributed by atoms with Crippen molar-refractivity contribution in [1.29, 1.82) is 0 Å². The number of carbonyl (C=O) groups excluding carboxylic acids is 2. The number of halogens is 4. The Balaban J connectivity index is 1.59. The minimum Gasteiger partial charge on any atom is -0.550 e. The van der Waals surface area contributed by atoms with E-state index in [1.54, 1.807) is 48.5 Å². The molecule has 1 fully saturated rings. The highest BCUT2D eigenvalue weighted by Crippen LogP contribution is 2.34. The molecule has 0 amide bonds. The van der Waals surface area contributed by atoms with Gasteiger partial charge in [0.15, 0.2) is 5.78 Å². The lowest BCUT2D eigenvalue weighted by atomic mass is 9.88. The summed E-state index contributed by atoms with van der Waals surface area (Å²) in [5, 5.41) is 12.0. The number of nitrogens with zero attached hydrogens (tertiary/aromatic N) is 2. The third-order valence-electron chi connectivity index (χ3n) is 6.70. The van der Waals surface area contributed by atoms with E-state index in [1.807, 2.05) is 11.8 Å². The molecule has 3 aromatic rings. The molecule has 4 rings (SSSR count). The zero-order chi connectivity index (χ0) is 26.7. The first-order valence-corrected chi connectivity index (χ1v) is 12.2. The standard InChI is InChI=1S/C28H26ClF3N2O3/c1-18(33-12-14-34(15-13-33)23-6-3-5-21(17-23)28(30,31)32)26-20(16-25(35)36)4-2-7-24(26)27(37)19-8-10-22(29)11-9-19/h2-11,17-18H,12-16H2,1H3,(H,35,36)/p-1. The van der Waals surface area contributed by atoms with Crippen molar-refractivity contribution in [2.75, 3.05) is 31.1 Å². The summed E-state index contributed by atoms with van der Waals surface area (Å²) in [4.78, 5) is 28.9. The maximum absolute atomic E-state index is 13.4. The van der Waals surface area contributed by atoms with Crippen molar-refractivity contribution in [2.24, 2.45) is 0 Å². The van der Waals surface area contributed by atoms with Crippen LogP contribution in [0.2, 0.25) is 5.02 Å². The van der Waals surface area contributed by atoms with Crippen LogP contribution in [0, 0.1) is 0 Å². The van der Waals surface area contributed by atoms with Crippen molar-refractivity contribution in [1.82, 2.24) is 4.90 Å². The minimum absolute atomic E-state index is 0.249. The number of hydrogen-bond acceptors (Lipinski definition) is 5. The SMILES string of the molecule is CC(c1c(CC(=O)[O-])cccc1C(=O)c1ccc(Cl)cc1)N1CCN(c2cccc(C(F)(F)F)c2)CC1. The van der Waals surface area contributed by atoms with Crippen molar-refractivity contribution >= 4 is 29.0 Å². The average Bonchev–Trinajstić information content (AvgIpc) is 2.87. The molecule has 1 aliphatic rings. The molecule has 0 bridgehead atoms. The van der Waals surface area contributed by atoms with Gasteiger partial charge >= 0.3 is 6.18 Å². The molecule has 0 aliphatic carbocycles. The smallest absolute Gasteiger partial charge is 0.416 e. The molecule has 1 saturated heterocycles. The van der Waals surface area contributed by atoms with Crippen molar-refractivity contribution in [3.05, 3.63) is 99.6 Å². The van der Waals surface area contributed by atoms with E-state index in [9.17, 15) is 27.9 Å². The molecule has 0 radical (unpaired) electrons. The van der Waals surface area contributed by atoms with E-state index < -0.39 is 17.7 Å². The van der Waals surface area contributed by atoms with Crippen LogP contribution in [-0.2, 0) is 17.4 Å². The third-order valence-corrected chi connectivity index (χ3v) is 6.95. The number of carbonyl (C=O) groups is 2. The van der Waals surface area contributed by atoms with Gasteiger partial charge in [0.2, 0.25) is 0 Å². The Morgan fingerprint density at radius 1 is 0.973 bits per heavy atom. The average molecular weight is 530 g/mol. The van der Waals surface area contributed by atoms with Gasteiger partial charge in [-0.3, -0.25) is 9.69 Å². The Morgan fingerprint density at radius 3 is 2.24 bits per heavy atom. The van der Waals surface area contributed by atoms with E-state index >= 15 is 0 Å². The van der Waals surface area contributed by atoms with Crippen molar-refractivity contribution in [2.45, 2.75) is 25.6 Å². The summed E-state index contributed by atoms with van der Waals surface area (Å²) in [5.41, 5.74) is 1.74. The molecule has 9 heteroatoms. The Bertz CT molecular complexity index is 1290. The number of aliphatic carboxylic acids is 1. The van der Waals surface area contributed by atoms with Gasteiger partial charge in [-0.1, -0.05) is 35.9 Å². The molecular weight excluding hydrogens is 505 g/mol. The predicted octanol–water partition coefficient (Wildman–Crippen LogP) is 4.77. The van der Waals surface area contributed by atoms with Crippen LogP contribution in [0.25, 0.3) is 0 Å². The predicted molar refractivity (Wildman–Crippen MR) is 134 cm³/mol. The summed E-state index contributed by atoms with van der Waals surface area (Å²) < 4.78 is 39.5. The maximum Gasteiger partial charge on any atom is 0.416 e. The van der Waals surface area contributed by atoms with Crippen molar-refractivity contribution < 1.29 is 27.9 Å². The number of piperazine rings is 1. The second kappa shape index (κ2) is 10.9.